The molecule has 2 atom stereocenters. The van der Waals surface area contributed by atoms with Gasteiger partial charge in [-0.05, 0) is 70.1 Å². The van der Waals surface area contributed by atoms with Gasteiger partial charge in [-0.2, -0.15) is 4.31 Å². The minimum Gasteiger partial charge on any atom is -0.353 e. The molecule has 5 nitrogen and oxygen atoms in total. The van der Waals surface area contributed by atoms with E-state index in [-0.39, 0.29) is 24.4 Å². The van der Waals surface area contributed by atoms with Gasteiger partial charge in [-0.15, -0.1) is 0 Å². The maximum Gasteiger partial charge on any atom is 0.243 e. The summed E-state index contributed by atoms with van der Waals surface area (Å²) in [7, 11) is -3.63. The van der Waals surface area contributed by atoms with E-state index in [1.807, 2.05) is 58.0 Å². The molecule has 6 heteroatoms. The molecule has 31 heavy (non-hydrogen) atoms. The van der Waals surface area contributed by atoms with E-state index >= 15 is 0 Å². The number of carbonyl (C=O) groups is 1. The van der Waals surface area contributed by atoms with E-state index in [1.54, 1.807) is 0 Å². The lowest BCUT2D eigenvalue weighted by molar-refractivity contribution is -0.126. The second-order valence-electron chi connectivity index (χ2n) is 8.86. The summed E-state index contributed by atoms with van der Waals surface area (Å²) < 4.78 is 28.3. The van der Waals surface area contributed by atoms with Crippen LogP contribution in [0.25, 0.3) is 0 Å². The van der Waals surface area contributed by atoms with E-state index < -0.39 is 10.0 Å². The molecule has 2 aromatic rings. The topological polar surface area (TPSA) is 66.5 Å². The molecule has 1 heterocycles. The zero-order valence-corrected chi connectivity index (χ0v) is 19.8. The van der Waals surface area contributed by atoms with Crippen LogP contribution in [-0.4, -0.2) is 37.8 Å². The van der Waals surface area contributed by atoms with Crippen LogP contribution in [0, 0.1) is 26.7 Å². The molecule has 2 aromatic carbocycles. The number of hydrogen-bond donors (Lipinski definition) is 1. The van der Waals surface area contributed by atoms with Crippen LogP contribution in [0.5, 0.6) is 0 Å². The van der Waals surface area contributed by atoms with Crippen LogP contribution in [0.1, 0.15) is 48.4 Å². The molecule has 3 rings (SSSR count). The third-order valence-corrected chi connectivity index (χ3v) is 8.23. The number of hydrogen-bond acceptors (Lipinski definition) is 3. The average Bonchev–Trinajstić information content (AvgIpc) is 2.72. The number of aryl methyl sites for hydroxylation is 4. The number of rotatable bonds is 7. The maximum atomic E-state index is 13.4. The summed E-state index contributed by atoms with van der Waals surface area (Å²) in [6.45, 7) is 8.37. The summed E-state index contributed by atoms with van der Waals surface area (Å²) in [5.74, 6) is -0.355. The molecule has 0 spiro atoms. The number of piperidine rings is 1. The van der Waals surface area contributed by atoms with E-state index in [9.17, 15) is 13.2 Å². The first-order valence-electron chi connectivity index (χ1n) is 11.1. The van der Waals surface area contributed by atoms with Crippen molar-refractivity contribution in [2.75, 3.05) is 13.1 Å². The van der Waals surface area contributed by atoms with Crippen LogP contribution in [0.3, 0.4) is 0 Å². The second-order valence-corrected chi connectivity index (χ2v) is 10.7. The molecule has 168 valence electrons. The quantitative estimate of drug-likeness (QED) is 0.700. The standard InChI is InChI=1S/C25H34N2O3S/c1-18-15-19(2)24(20(3)16-18)31(29,30)27-14-8-11-23(17-27)25(28)26-21(4)12-13-22-9-6-5-7-10-22/h5-7,9-10,15-16,21,23H,8,11-14,17H2,1-4H3,(H,26,28)/t21-,23+/m1/s1. The van der Waals surface area contributed by atoms with Crippen LogP contribution in [-0.2, 0) is 21.2 Å². The van der Waals surface area contributed by atoms with E-state index in [4.69, 9.17) is 0 Å². The first-order chi connectivity index (χ1) is 14.7. The van der Waals surface area contributed by atoms with Gasteiger partial charge in [-0.25, -0.2) is 8.42 Å². The normalized spacial score (nSPS) is 18.5. The lowest BCUT2D eigenvalue weighted by atomic mass is 9.98. The molecule has 1 saturated heterocycles. The molecular weight excluding hydrogens is 408 g/mol. The third-order valence-electron chi connectivity index (χ3n) is 6.05. The highest BCUT2D eigenvalue weighted by Gasteiger charge is 2.35. The van der Waals surface area contributed by atoms with Crippen molar-refractivity contribution in [3.8, 4) is 0 Å². The van der Waals surface area contributed by atoms with Crippen LogP contribution >= 0.6 is 0 Å². The average molecular weight is 443 g/mol. The van der Waals surface area contributed by atoms with Crippen molar-refractivity contribution in [1.29, 1.82) is 0 Å². The zero-order valence-electron chi connectivity index (χ0n) is 19.0. The minimum atomic E-state index is -3.63. The van der Waals surface area contributed by atoms with Crippen LogP contribution in [0.2, 0.25) is 0 Å². The van der Waals surface area contributed by atoms with E-state index in [2.05, 4.69) is 17.4 Å². The van der Waals surface area contributed by atoms with Crippen molar-refractivity contribution in [3.63, 3.8) is 0 Å². The van der Waals surface area contributed by atoms with Crippen LogP contribution < -0.4 is 5.32 Å². The van der Waals surface area contributed by atoms with Gasteiger partial charge in [0.05, 0.1) is 10.8 Å². The predicted octanol–water partition coefficient (Wildman–Crippen LogP) is 4.15. The number of sulfonamides is 1. The lowest BCUT2D eigenvalue weighted by Gasteiger charge is -2.32. The zero-order chi connectivity index (χ0) is 22.6. The van der Waals surface area contributed by atoms with Gasteiger partial charge in [-0.1, -0.05) is 48.0 Å². The molecule has 1 aliphatic rings. The Labute approximate surface area is 186 Å². The second kappa shape index (κ2) is 9.96. The summed E-state index contributed by atoms with van der Waals surface area (Å²) in [6, 6.07) is 14.1. The van der Waals surface area contributed by atoms with Gasteiger partial charge in [0.25, 0.3) is 0 Å². The first kappa shape index (κ1) is 23.5. The molecule has 0 radical (unpaired) electrons. The predicted molar refractivity (Wildman–Crippen MR) is 125 cm³/mol. The molecule has 1 fully saturated rings. The molecule has 1 aliphatic heterocycles. The summed E-state index contributed by atoms with van der Waals surface area (Å²) in [5, 5.41) is 3.10. The molecule has 0 bridgehead atoms. The van der Waals surface area contributed by atoms with Gasteiger partial charge >= 0.3 is 0 Å². The maximum absolute atomic E-state index is 13.4. The summed E-state index contributed by atoms with van der Waals surface area (Å²) in [6.07, 6.45) is 3.17. The highest BCUT2D eigenvalue weighted by atomic mass is 32.2. The Hall–Kier alpha value is -2.18. The Morgan fingerprint density at radius 1 is 1.13 bits per heavy atom. The van der Waals surface area contributed by atoms with Gasteiger partial charge < -0.3 is 5.32 Å². The van der Waals surface area contributed by atoms with E-state index in [0.717, 1.165) is 36.0 Å². The Morgan fingerprint density at radius 3 is 2.42 bits per heavy atom. The smallest absolute Gasteiger partial charge is 0.243 e. The fourth-order valence-corrected chi connectivity index (χ4v) is 6.47. The van der Waals surface area contributed by atoms with Crippen molar-refractivity contribution in [3.05, 3.63) is 64.7 Å². The fourth-order valence-electron chi connectivity index (χ4n) is 4.54. The van der Waals surface area contributed by atoms with Crippen molar-refractivity contribution in [1.82, 2.24) is 9.62 Å². The number of benzene rings is 2. The fraction of sp³-hybridized carbons (Fsp3) is 0.480. The Morgan fingerprint density at radius 2 is 1.77 bits per heavy atom. The number of nitrogens with one attached hydrogen (secondary N) is 1. The SMILES string of the molecule is Cc1cc(C)c(S(=O)(=O)N2CCC[C@H](C(=O)N[C@H](C)CCc3ccccc3)C2)c(C)c1. The monoisotopic (exact) mass is 442 g/mol. The Kier molecular flexibility index (Phi) is 7.55. The van der Waals surface area contributed by atoms with Crippen molar-refractivity contribution >= 4 is 15.9 Å². The van der Waals surface area contributed by atoms with Crippen LogP contribution in [0.4, 0.5) is 0 Å². The molecule has 0 unspecified atom stereocenters. The van der Waals surface area contributed by atoms with E-state index in [0.29, 0.717) is 17.9 Å². The number of nitrogens with zero attached hydrogens (tertiary/aromatic N) is 1. The summed E-state index contributed by atoms with van der Waals surface area (Å²) in [4.78, 5) is 13.3. The van der Waals surface area contributed by atoms with Gasteiger partial charge in [0.2, 0.25) is 15.9 Å². The van der Waals surface area contributed by atoms with Crippen LogP contribution in [0.15, 0.2) is 47.4 Å². The molecule has 1 amide bonds. The Balaban J connectivity index is 1.64. The molecule has 0 aromatic heterocycles. The van der Waals surface area contributed by atoms with Crippen molar-refractivity contribution in [2.24, 2.45) is 5.92 Å². The van der Waals surface area contributed by atoms with E-state index in [1.165, 1.54) is 9.87 Å². The minimum absolute atomic E-state index is 0.0428. The number of carbonyl (C=O) groups excluding carboxylic acids is 1. The summed E-state index contributed by atoms with van der Waals surface area (Å²) >= 11 is 0. The summed E-state index contributed by atoms with van der Waals surface area (Å²) in [5.41, 5.74) is 3.83. The molecule has 1 N–H and O–H groups in total. The number of amides is 1. The highest BCUT2D eigenvalue weighted by molar-refractivity contribution is 7.89. The third kappa shape index (κ3) is 5.74. The van der Waals surface area contributed by atoms with Crippen molar-refractivity contribution in [2.45, 2.75) is 64.3 Å². The highest BCUT2D eigenvalue weighted by Crippen LogP contribution is 2.29. The molecule has 0 saturated carbocycles. The Bertz CT molecular complexity index is 995. The van der Waals surface area contributed by atoms with Crippen molar-refractivity contribution < 1.29 is 13.2 Å². The largest absolute Gasteiger partial charge is 0.353 e. The first-order valence-corrected chi connectivity index (χ1v) is 12.5. The van der Waals surface area contributed by atoms with Gasteiger partial charge in [-0.3, -0.25) is 4.79 Å². The lowest BCUT2D eigenvalue weighted by Crippen LogP contribution is -2.47. The molecule has 0 aliphatic carbocycles. The molecular formula is C25H34N2O3S. The van der Waals surface area contributed by atoms with Gasteiger partial charge in [0, 0.05) is 19.1 Å². The van der Waals surface area contributed by atoms with Gasteiger partial charge in [0.15, 0.2) is 0 Å². The van der Waals surface area contributed by atoms with Gasteiger partial charge in [0.1, 0.15) is 0 Å².